The molecule has 0 N–H and O–H groups in total. The molecule has 1 heterocycles. The van der Waals surface area contributed by atoms with Crippen LogP contribution < -0.4 is 0 Å². The molecule has 0 aliphatic rings. The summed E-state index contributed by atoms with van der Waals surface area (Å²) in [6, 6.07) is 6.29. The summed E-state index contributed by atoms with van der Waals surface area (Å²) < 4.78 is 52.4. The van der Waals surface area contributed by atoms with Gasteiger partial charge >= 0.3 is 6.18 Å². The summed E-state index contributed by atoms with van der Waals surface area (Å²) in [5.41, 5.74) is -0.315. The van der Waals surface area contributed by atoms with Crippen molar-refractivity contribution >= 4 is 0 Å². The van der Waals surface area contributed by atoms with Gasteiger partial charge in [-0.3, -0.25) is 4.98 Å². The van der Waals surface area contributed by atoms with Crippen LogP contribution >= 0.6 is 0 Å². The summed E-state index contributed by atoms with van der Waals surface area (Å²) in [6.45, 7) is 3.03. The van der Waals surface area contributed by atoms with Gasteiger partial charge in [0.2, 0.25) is 0 Å². The molecule has 0 bridgehead atoms. The molecule has 1 aromatic heterocycles. The van der Waals surface area contributed by atoms with Crippen molar-refractivity contribution in [2.45, 2.75) is 20.0 Å². The number of aryl methyl sites for hydroxylation is 1. The minimum atomic E-state index is -4.52. The third-order valence-electron chi connectivity index (χ3n) is 2.86. The molecule has 0 aliphatic carbocycles. The van der Waals surface area contributed by atoms with Crippen molar-refractivity contribution in [2.75, 3.05) is 0 Å². The number of alkyl halides is 3. The highest BCUT2D eigenvalue weighted by molar-refractivity contribution is 5.67. The molecule has 0 spiro atoms. The molecule has 0 radical (unpaired) electrons. The zero-order chi connectivity index (χ0) is 14.2. The molecule has 1 aromatic carbocycles. The van der Waals surface area contributed by atoms with Crippen molar-refractivity contribution in [1.82, 2.24) is 4.98 Å². The minimum absolute atomic E-state index is 0.158. The van der Waals surface area contributed by atoms with Gasteiger partial charge in [-0.15, -0.1) is 0 Å². The fraction of sp³-hybridized carbons (Fsp3) is 0.214. The number of hydrogen-bond donors (Lipinski definition) is 0. The van der Waals surface area contributed by atoms with Crippen LogP contribution in [0, 0.1) is 19.7 Å². The molecule has 1 nitrogen and oxygen atoms in total. The van der Waals surface area contributed by atoms with Gasteiger partial charge in [-0.05, 0) is 37.6 Å². The quantitative estimate of drug-likeness (QED) is 0.693. The minimum Gasteiger partial charge on any atom is -0.252 e. The van der Waals surface area contributed by atoms with E-state index in [2.05, 4.69) is 4.98 Å². The predicted octanol–water partition coefficient (Wildman–Crippen LogP) is 4.52. The number of rotatable bonds is 1. The first kappa shape index (κ1) is 13.5. The number of pyridine rings is 1. The van der Waals surface area contributed by atoms with E-state index in [9.17, 15) is 17.6 Å². The van der Waals surface area contributed by atoms with Gasteiger partial charge in [0.15, 0.2) is 0 Å². The third kappa shape index (κ3) is 2.59. The molecule has 0 unspecified atom stereocenters. The van der Waals surface area contributed by atoms with Crippen LogP contribution in [0.2, 0.25) is 0 Å². The number of benzene rings is 1. The van der Waals surface area contributed by atoms with Crippen molar-refractivity contribution in [3.8, 4) is 11.3 Å². The molecule has 2 rings (SSSR count). The molecule has 2 aromatic rings. The van der Waals surface area contributed by atoms with Crippen LogP contribution in [-0.2, 0) is 6.18 Å². The molecule has 0 aliphatic heterocycles. The van der Waals surface area contributed by atoms with Crippen molar-refractivity contribution < 1.29 is 17.6 Å². The molecular weight excluding hydrogens is 258 g/mol. The largest absolute Gasteiger partial charge is 0.418 e. The van der Waals surface area contributed by atoms with Crippen molar-refractivity contribution in [3.05, 3.63) is 53.0 Å². The van der Waals surface area contributed by atoms with Gasteiger partial charge in [-0.2, -0.15) is 13.2 Å². The van der Waals surface area contributed by atoms with Gasteiger partial charge < -0.3 is 0 Å². The Morgan fingerprint density at radius 3 is 2.32 bits per heavy atom. The summed E-state index contributed by atoms with van der Waals surface area (Å²) in [5, 5.41) is 0. The standard InChI is InChI=1S/C14H11F4N/c1-8-6-7-11(14(16,17)18)13(19-8)10-4-3-5-12(15)9(10)2/h3-7H,1-2H3. The number of aromatic nitrogens is 1. The van der Waals surface area contributed by atoms with Crippen LogP contribution in [0.1, 0.15) is 16.8 Å². The second-order valence-electron chi connectivity index (χ2n) is 4.26. The second-order valence-corrected chi connectivity index (χ2v) is 4.26. The van der Waals surface area contributed by atoms with E-state index in [0.29, 0.717) is 5.69 Å². The summed E-state index contributed by atoms with van der Waals surface area (Å²) >= 11 is 0. The summed E-state index contributed by atoms with van der Waals surface area (Å²) in [5.74, 6) is -0.547. The molecule has 19 heavy (non-hydrogen) atoms. The highest BCUT2D eigenvalue weighted by Crippen LogP contribution is 2.37. The molecule has 0 saturated carbocycles. The van der Waals surface area contributed by atoms with E-state index in [-0.39, 0.29) is 16.8 Å². The van der Waals surface area contributed by atoms with E-state index in [1.165, 1.54) is 31.2 Å². The highest BCUT2D eigenvalue weighted by Gasteiger charge is 2.34. The maximum atomic E-state index is 13.5. The summed E-state index contributed by atoms with van der Waals surface area (Å²) in [7, 11) is 0. The lowest BCUT2D eigenvalue weighted by molar-refractivity contribution is -0.137. The molecule has 0 saturated heterocycles. The Hall–Kier alpha value is -1.91. The Bertz CT molecular complexity index is 617. The van der Waals surface area contributed by atoms with Crippen LogP contribution in [0.3, 0.4) is 0 Å². The molecule has 0 fully saturated rings. The lowest BCUT2D eigenvalue weighted by Gasteiger charge is -2.14. The van der Waals surface area contributed by atoms with Gasteiger partial charge in [0.25, 0.3) is 0 Å². The molecule has 0 atom stereocenters. The lowest BCUT2D eigenvalue weighted by Crippen LogP contribution is -2.09. The van der Waals surface area contributed by atoms with E-state index < -0.39 is 17.6 Å². The number of hydrogen-bond acceptors (Lipinski definition) is 1. The Morgan fingerprint density at radius 1 is 1.00 bits per heavy atom. The maximum absolute atomic E-state index is 13.5. The molecule has 5 heteroatoms. The van der Waals surface area contributed by atoms with Gasteiger partial charge in [0.05, 0.1) is 11.3 Å². The van der Waals surface area contributed by atoms with Crippen molar-refractivity contribution in [3.63, 3.8) is 0 Å². The van der Waals surface area contributed by atoms with Crippen LogP contribution in [0.4, 0.5) is 17.6 Å². The van der Waals surface area contributed by atoms with Crippen molar-refractivity contribution in [1.29, 1.82) is 0 Å². The van der Waals surface area contributed by atoms with Crippen LogP contribution in [-0.4, -0.2) is 4.98 Å². The van der Waals surface area contributed by atoms with E-state index in [0.717, 1.165) is 6.07 Å². The van der Waals surface area contributed by atoms with Gasteiger partial charge in [-0.1, -0.05) is 12.1 Å². The van der Waals surface area contributed by atoms with Crippen molar-refractivity contribution in [2.24, 2.45) is 0 Å². The average Bonchev–Trinajstić information content (AvgIpc) is 2.31. The zero-order valence-electron chi connectivity index (χ0n) is 10.3. The monoisotopic (exact) mass is 269 g/mol. The third-order valence-corrected chi connectivity index (χ3v) is 2.86. The predicted molar refractivity (Wildman–Crippen MR) is 64.1 cm³/mol. The first-order valence-electron chi connectivity index (χ1n) is 5.61. The normalized spacial score (nSPS) is 11.7. The highest BCUT2D eigenvalue weighted by atomic mass is 19.4. The smallest absolute Gasteiger partial charge is 0.252 e. The van der Waals surface area contributed by atoms with E-state index >= 15 is 0 Å². The summed E-state index contributed by atoms with van der Waals surface area (Å²) in [4.78, 5) is 3.93. The van der Waals surface area contributed by atoms with Crippen LogP contribution in [0.5, 0.6) is 0 Å². The van der Waals surface area contributed by atoms with Gasteiger partial charge in [0, 0.05) is 11.3 Å². The SMILES string of the molecule is Cc1ccc(C(F)(F)F)c(-c2cccc(F)c2C)n1. The first-order valence-corrected chi connectivity index (χ1v) is 5.61. The maximum Gasteiger partial charge on any atom is 0.418 e. The Morgan fingerprint density at radius 2 is 1.68 bits per heavy atom. The Balaban J connectivity index is 2.74. The number of halogens is 4. The van der Waals surface area contributed by atoms with Crippen LogP contribution in [0.15, 0.2) is 30.3 Å². The second kappa shape index (κ2) is 4.64. The summed E-state index contributed by atoms with van der Waals surface area (Å²) in [6.07, 6.45) is -4.52. The number of nitrogens with zero attached hydrogens (tertiary/aromatic N) is 1. The van der Waals surface area contributed by atoms with Crippen LogP contribution in [0.25, 0.3) is 11.3 Å². The van der Waals surface area contributed by atoms with E-state index in [1.807, 2.05) is 0 Å². The fourth-order valence-electron chi connectivity index (χ4n) is 1.85. The van der Waals surface area contributed by atoms with E-state index in [1.54, 1.807) is 6.92 Å². The van der Waals surface area contributed by atoms with Gasteiger partial charge in [-0.25, -0.2) is 4.39 Å². The first-order chi connectivity index (χ1) is 8.80. The zero-order valence-corrected chi connectivity index (χ0v) is 10.3. The molecular formula is C14H11F4N. The average molecular weight is 269 g/mol. The fourth-order valence-corrected chi connectivity index (χ4v) is 1.85. The molecule has 0 amide bonds. The topological polar surface area (TPSA) is 12.9 Å². The Labute approximate surface area is 107 Å². The lowest BCUT2D eigenvalue weighted by atomic mass is 10.00. The van der Waals surface area contributed by atoms with E-state index in [4.69, 9.17) is 0 Å². The molecule has 100 valence electrons. The Kier molecular flexibility index (Phi) is 3.30. The van der Waals surface area contributed by atoms with Gasteiger partial charge in [0.1, 0.15) is 5.82 Å².